The lowest BCUT2D eigenvalue weighted by Crippen LogP contribution is -2.02. The number of hydrogen-bond acceptors (Lipinski definition) is 4. The molecule has 0 aliphatic carbocycles. The summed E-state index contributed by atoms with van der Waals surface area (Å²) in [6.07, 6.45) is 5.29. The molecule has 20 heavy (non-hydrogen) atoms. The van der Waals surface area contributed by atoms with Crippen molar-refractivity contribution in [3.05, 3.63) is 62.0 Å². The molecule has 2 heterocycles. The van der Waals surface area contributed by atoms with Crippen LogP contribution in [0.25, 0.3) is 11.1 Å². The van der Waals surface area contributed by atoms with Crippen LogP contribution in [0, 0.1) is 11.9 Å². The second-order valence-corrected chi connectivity index (χ2v) is 3.75. The Morgan fingerprint density at radius 1 is 0.850 bits per heavy atom. The van der Waals surface area contributed by atoms with Gasteiger partial charge in [0.15, 0.2) is 0 Å². The van der Waals surface area contributed by atoms with Gasteiger partial charge in [-0.25, -0.2) is 9.97 Å². The van der Waals surface area contributed by atoms with Crippen molar-refractivity contribution in [2.75, 3.05) is 10.6 Å². The maximum atomic E-state index is 14.0. The zero-order valence-corrected chi connectivity index (χ0v) is 10.5. The second kappa shape index (κ2) is 5.92. The summed E-state index contributed by atoms with van der Waals surface area (Å²) >= 11 is 0. The molecule has 0 amide bonds. The molecule has 2 aromatic heterocycles. The summed E-state index contributed by atoms with van der Waals surface area (Å²) in [5.74, 6) is -1.62. The highest BCUT2D eigenvalue weighted by molar-refractivity contribution is 5.86. The monoisotopic (exact) mass is 274 g/mol. The first-order chi connectivity index (χ1) is 9.69. The zero-order chi connectivity index (χ0) is 14.5. The maximum absolute atomic E-state index is 14.0. The van der Waals surface area contributed by atoms with E-state index >= 15 is 0 Å². The Morgan fingerprint density at radius 3 is 1.60 bits per heavy atom. The molecule has 102 valence electrons. The lowest BCUT2D eigenvalue weighted by molar-refractivity contribution is 0.572. The van der Waals surface area contributed by atoms with Crippen LogP contribution in [0.1, 0.15) is 0 Å². The van der Waals surface area contributed by atoms with Crippen molar-refractivity contribution in [2.45, 2.75) is 0 Å². The first-order valence-corrected chi connectivity index (χ1v) is 5.73. The number of rotatable bonds is 5. The summed E-state index contributed by atoms with van der Waals surface area (Å²) in [7, 11) is 0. The molecule has 0 bridgehead atoms. The van der Waals surface area contributed by atoms with Crippen LogP contribution in [-0.4, -0.2) is 9.97 Å². The van der Waals surface area contributed by atoms with Crippen molar-refractivity contribution in [1.82, 2.24) is 9.97 Å². The van der Waals surface area contributed by atoms with E-state index in [4.69, 9.17) is 0 Å². The number of pyridine rings is 2. The Morgan fingerprint density at radius 2 is 1.25 bits per heavy atom. The highest BCUT2D eigenvalue weighted by atomic mass is 19.1. The molecule has 0 fully saturated rings. The summed E-state index contributed by atoms with van der Waals surface area (Å²) in [6, 6.07) is 3.04. The molecular weight excluding hydrogens is 262 g/mol. The fraction of sp³-hybridized carbons (Fsp3) is 0. The van der Waals surface area contributed by atoms with Crippen molar-refractivity contribution >= 4 is 11.4 Å². The Kier molecular flexibility index (Phi) is 4.05. The molecule has 0 saturated carbocycles. The topological polar surface area (TPSA) is 49.8 Å². The first-order valence-electron chi connectivity index (χ1n) is 5.73. The number of nitrogens with one attached hydrogen (secondary N) is 2. The van der Waals surface area contributed by atoms with E-state index in [-0.39, 0.29) is 11.1 Å². The molecule has 2 rings (SSSR count). The van der Waals surface area contributed by atoms with Gasteiger partial charge < -0.3 is 10.6 Å². The third-order valence-corrected chi connectivity index (χ3v) is 2.57. The summed E-state index contributed by atoms with van der Waals surface area (Å²) in [5, 5.41) is 5.50. The fourth-order valence-electron chi connectivity index (χ4n) is 1.81. The lowest BCUT2D eigenvalue weighted by Gasteiger charge is -2.14. The van der Waals surface area contributed by atoms with E-state index in [0.717, 1.165) is 0 Å². The van der Waals surface area contributed by atoms with Crippen LogP contribution in [0.2, 0.25) is 0 Å². The van der Waals surface area contributed by atoms with Crippen LogP contribution < -0.4 is 10.6 Å². The summed E-state index contributed by atoms with van der Waals surface area (Å²) < 4.78 is 28.1. The third-order valence-electron chi connectivity index (χ3n) is 2.57. The van der Waals surface area contributed by atoms with Crippen molar-refractivity contribution in [3.8, 4) is 11.1 Å². The van der Waals surface area contributed by atoms with Crippen molar-refractivity contribution in [2.24, 2.45) is 0 Å². The van der Waals surface area contributed by atoms with E-state index in [9.17, 15) is 8.78 Å². The van der Waals surface area contributed by atoms with Crippen LogP contribution in [0.5, 0.6) is 0 Å². The maximum Gasteiger partial charge on any atom is 0.223 e. The minimum Gasteiger partial charge on any atom is -0.362 e. The smallest absolute Gasteiger partial charge is 0.223 e. The van der Waals surface area contributed by atoms with E-state index in [1.54, 1.807) is 0 Å². The normalized spacial score (nSPS) is 9.90. The second-order valence-electron chi connectivity index (χ2n) is 3.75. The number of nitrogens with zero attached hydrogens (tertiary/aromatic N) is 2. The molecule has 2 aromatic rings. The molecule has 0 spiro atoms. The standard InChI is InChI=1S/C14H12F2N4/c1-3-17-9-5-7-19-13(15)11(9)12-10(18-4-2)6-8-20-14(12)16/h3-8H,1-2H2,(H,17,19)(H,18,20). The van der Waals surface area contributed by atoms with Crippen LogP contribution >= 0.6 is 0 Å². The molecule has 6 heteroatoms. The Labute approximate surface area is 114 Å². The van der Waals surface area contributed by atoms with Gasteiger partial charge in [0.1, 0.15) is 0 Å². The van der Waals surface area contributed by atoms with Gasteiger partial charge in [0.05, 0.1) is 22.5 Å². The van der Waals surface area contributed by atoms with Gasteiger partial charge in [0, 0.05) is 12.4 Å². The van der Waals surface area contributed by atoms with Crippen LogP contribution in [0.4, 0.5) is 20.2 Å². The lowest BCUT2D eigenvalue weighted by atomic mass is 10.1. The highest BCUT2D eigenvalue weighted by Gasteiger charge is 2.19. The van der Waals surface area contributed by atoms with Gasteiger partial charge in [0.2, 0.25) is 11.9 Å². The van der Waals surface area contributed by atoms with Gasteiger partial charge in [0.25, 0.3) is 0 Å². The van der Waals surface area contributed by atoms with Crippen LogP contribution in [0.3, 0.4) is 0 Å². The van der Waals surface area contributed by atoms with E-state index in [1.165, 1.54) is 36.9 Å². The van der Waals surface area contributed by atoms with E-state index < -0.39 is 11.9 Å². The molecule has 0 saturated heterocycles. The number of halogens is 2. The predicted molar refractivity (Wildman–Crippen MR) is 75.0 cm³/mol. The summed E-state index contributed by atoms with van der Waals surface area (Å²) in [4.78, 5) is 7.10. The van der Waals surface area contributed by atoms with Gasteiger partial charge >= 0.3 is 0 Å². The highest BCUT2D eigenvalue weighted by Crippen LogP contribution is 2.36. The number of anilines is 2. The van der Waals surface area contributed by atoms with Gasteiger partial charge in [-0.1, -0.05) is 13.2 Å². The Bertz CT molecular complexity index is 598. The van der Waals surface area contributed by atoms with Gasteiger partial charge in [-0.05, 0) is 24.5 Å². The minimum atomic E-state index is -0.809. The molecule has 0 radical (unpaired) electrons. The van der Waals surface area contributed by atoms with Gasteiger partial charge in [-0.2, -0.15) is 8.78 Å². The number of hydrogen-bond donors (Lipinski definition) is 2. The molecule has 2 N–H and O–H groups in total. The molecule has 4 nitrogen and oxygen atoms in total. The van der Waals surface area contributed by atoms with Crippen LogP contribution in [-0.2, 0) is 0 Å². The van der Waals surface area contributed by atoms with Gasteiger partial charge in [-0.3, -0.25) is 0 Å². The average Bonchev–Trinajstić information content (AvgIpc) is 2.42. The van der Waals surface area contributed by atoms with Crippen molar-refractivity contribution in [1.29, 1.82) is 0 Å². The molecule has 0 aliphatic rings. The van der Waals surface area contributed by atoms with Crippen molar-refractivity contribution < 1.29 is 8.78 Å². The van der Waals surface area contributed by atoms with Gasteiger partial charge in [-0.15, -0.1) is 0 Å². The Balaban J connectivity index is 2.73. The minimum absolute atomic E-state index is 0.0256. The largest absolute Gasteiger partial charge is 0.362 e. The quantitative estimate of drug-likeness (QED) is 0.819. The van der Waals surface area contributed by atoms with Crippen molar-refractivity contribution in [3.63, 3.8) is 0 Å². The van der Waals surface area contributed by atoms with Crippen LogP contribution in [0.15, 0.2) is 50.1 Å². The third kappa shape index (κ3) is 2.49. The molecular formula is C14H12F2N4. The summed E-state index contributed by atoms with van der Waals surface area (Å²) in [5.41, 5.74) is 0.628. The first kappa shape index (κ1) is 13.7. The predicted octanol–water partition coefficient (Wildman–Crippen LogP) is 3.53. The van der Waals surface area contributed by atoms with E-state index in [0.29, 0.717) is 11.4 Å². The molecule has 0 atom stereocenters. The SMILES string of the molecule is C=CNc1ccnc(F)c1-c1c(NC=C)ccnc1F. The van der Waals surface area contributed by atoms with E-state index in [1.807, 2.05) is 0 Å². The Hall–Kier alpha value is -2.76. The molecule has 0 unspecified atom stereocenters. The number of aromatic nitrogens is 2. The summed E-state index contributed by atoms with van der Waals surface area (Å²) in [6.45, 7) is 7.01. The zero-order valence-electron chi connectivity index (χ0n) is 10.5. The average molecular weight is 274 g/mol. The fourth-order valence-corrected chi connectivity index (χ4v) is 1.81. The van der Waals surface area contributed by atoms with E-state index in [2.05, 4.69) is 33.8 Å². The molecule has 0 aliphatic heterocycles. The molecule has 0 aromatic carbocycles.